The standard InChI is InChI=1S/C8H16OS2/c1-2-3-4-7-6-10-8(5-9)11-7/h7-9H,2-6H2,1H3. The summed E-state index contributed by atoms with van der Waals surface area (Å²) in [6.07, 6.45) is 3.98. The van der Waals surface area contributed by atoms with Gasteiger partial charge in [0.2, 0.25) is 0 Å². The van der Waals surface area contributed by atoms with E-state index in [2.05, 4.69) is 6.92 Å². The number of unbranched alkanes of at least 4 members (excludes halogenated alkanes) is 1. The zero-order chi connectivity index (χ0) is 8.10. The van der Waals surface area contributed by atoms with E-state index in [4.69, 9.17) is 5.11 Å². The topological polar surface area (TPSA) is 20.2 Å². The Balaban J connectivity index is 2.09. The Hall–Kier alpha value is 0.660. The molecule has 0 saturated carbocycles. The highest BCUT2D eigenvalue weighted by Gasteiger charge is 2.24. The van der Waals surface area contributed by atoms with Crippen LogP contribution in [0.25, 0.3) is 0 Å². The summed E-state index contributed by atoms with van der Waals surface area (Å²) in [7, 11) is 0. The zero-order valence-corrected chi connectivity index (χ0v) is 8.59. The van der Waals surface area contributed by atoms with E-state index < -0.39 is 0 Å². The minimum absolute atomic E-state index is 0.345. The average molecular weight is 192 g/mol. The van der Waals surface area contributed by atoms with E-state index in [0.29, 0.717) is 11.2 Å². The van der Waals surface area contributed by atoms with Gasteiger partial charge in [0.1, 0.15) is 0 Å². The fourth-order valence-electron chi connectivity index (χ4n) is 1.19. The van der Waals surface area contributed by atoms with Gasteiger partial charge >= 0.3 is 0 Å². The van der Waals surface area contributed by atoms with Crippen LogP contribution in [0.4, 0.5) is 0 Å². The normalized spacial score (nSPS) is 31.1. The van der Waals surface area contributed by atoms with Gasteiger partial charge in [-0.15, -0.1) is 23.5 Å². The minimum atomic E-state index is 0.345. The van der Waals surface area contributed by atoms with Gasteiger partial charge in [-0.3, -0.25) is 0 Å². The van der Waals surface area contributed by atoms with Gasteiger partial charge in [-0.1, -0.05) is 19.8 Å². The van der Waals surface area contributed by atoms with Crippen LogP contribution in [-0.4, -0.2) is 27.3 Å². The predicted molar refractivity (Wildman–Crippen MR) is 54.2 cm³/mol. The summed E-state index contributed by atoms with van der Waals surface area (Å²) < 4.78 is 0.469. The molecular weight excluding hydrogens is 176 g/mol. The van der Waals surface area contributed by atoms with Gasteiger partial charge in [-0.2, -0.15) is 0 Å². The maximum Gasteiger partial charge on any atom is 0.0736 e. The first kappa shape index (κ1) is 9.75. The van der Waals surface area contributed by atoms with E-state index in [1.54, 1.807) is 0 Å². The summed E-state index contributed by atoms with van der Waals surface area (Å²) >= 11 is 3.88. The number of hydrogen-bond acceptors (Lipinski definition) is 3. The third-order valence-corrected chi connectivity index (χ3v) is 5.15. The van der Waals surface area contributed by atoms with Crippen molar-refractivity contribution in [1.29, 1.82) is 0 Å². The first-order chi connectivity index (χ1) is 5.36. The van der Waals surface area contributed by atoms with E-state index in [0.717, 1.165) is 5.25 Å². The number of aliphatic hydroxyl groups is 1. The third kappa shape index (κ3) is 3.26. The lowest BCUT2D eigenvalue weighted by Crippen LogP contribution is -2.02. The van der Waals surface area contributed by atoms with Crippen LogP contribution >= 0.6 is 23.5 Å². The van der Waals surface area contributed by atoms with Crippen molar-refractivity contribution in [2.45, 2.75) is 36.0 Å². The van der Waals surface area contributed by atoms with Crippen LogP contribution < -0.4 is 0 Å². The molecule has 0 bridgehead atoms. The van der Waals surface area contributed by atoms with E-state index in [1.165, 1.54) is 25.0 Å². The minimum Gasteiger partial charge on any atom is -0.394 e. The molecule has 0 aromatic rings. The molecular formula is C8H16OS2. The van der Waals surface area contributed by atoms with Crippen molar-refractivity contribution in [1.82, 2.24) is 0 Å². The Morgan fingerprint density at radius 3 is 2.91 bits per heavy atom. The van der Waals surface area contributed by atoms with Gasteiger partial charge in [-0.25, -0.2) is 0 Å². The Bertz CT molecular complexity index is 108. The van der Waals surface area contributed by atoms with Crippen LogP contribution in [0.15, 0.2) is 0 Å². The lowest BCUT2D eigenvalue weighted by molar-refractivity contribution is 0.316. The van der Waals surface area contributed by atoms with Gasteiger partial charge < -0.3 is 5.11 Å². The maximum atomic E-state index is 8.87. The molecule has 1 rings (SSSR count). The SMILES string of the molecule is CCCCC1CSC(CO)S1. The van der Waals surface area contributed by atoms with Crippen molar-refractivity contribution in [3.05, 3.63) is 0 Å². The van der Waals surface area contributed by atoms with Crippen LogP contribution in [0.2, 0.25) is 0 Å². The van der Waals surface area contributed by atoms with Crippen molar-refractivity contribution >= 4 is 23.5 Å². The fourth-order valence-corrected chi connectivity index (χ4v) is 4.28. The Labute approximate surface area is 77.3 Å². The predicted octanol–water partition coefficient (Wildman–Crippen LogP) is 2.34. The number of hydrogen-bond donors (Lipinski definition) is 1. The summed E-state index contributed by atoms with van der Waals surface area (Å²) in [6, 6.07) is 0. The molecule has 11 heavy (non-hydrogen) atoms. The lowest BCUT2D eigenvalue weighted by atomic mass is 10.2. The number of thioether (sulfide) groups is 2. The molecule has 0 aromatic carbocycles. The molecule has 2 atom stereocenters. The van der Waals surface area contributed by atoms with Gasteiger partial charge in [0.15, 0.2) is 0 Å². The van der Waals surface area contributed by atoms with Crippen LogP contribution in [0.3, 0.4) is 0 Å². The largest absolute Gasteiger partial charge is 0.394 e. The van der Waals surface area contributed by atoms with E-state index >= 15 is 0 Å². The van der Waals surface area contributed by atoms with Crippen LogP contribution in [-0.2, 0) is 0 Å². The van der Waals surface area contributed by atoms with E-state index in [1.807, 2.05) is 23.5 Å². The van der Waals surface area contributed by atoms with Gasteiger partial charge in [0.25, 0.3) is 0 Å². The second-order valence-corrected chi connectivity index (χ2v) is 5.89. The monoisotopic (exact) mass is 192 g/mol. The molecule has 1 N–H and O–H groups in total. The summed E-state index contributed by atoms with van der Waals surface area (Å²) in [5.41, 5.74) is 0. The van der Waals surface area contributed by atoms with Crippen molar-refractivity contribution in [2.24, 2.45) is 0 Å². The molecule has 2 unspecified atom stereocenters. The van der Waals surface area contributed by atoms with E-state index in [9.17, 15) is 0 Å². The highest BCUT2D eigenvalue weighted by molar-refractivity contribution is 8.20. The van der Waals surface area contributed by atoms with Gasteiger partial charge in [-0.05, 0) is 6.42 Å². The molecule has 1 heterocycles. The number of aliphatic hydroxyl groups excluding tert-OH is 1. The molecule has 1 aliphatic rings. The van der Waals surface area contributed by atoms with Gasteiger partial charge in [0, 0.05) is 11.0 Å². The Morgan fingerprint density at radius 2 is 2.36 bits per heavy atom. The first-order valence-electron chi connectivity index (χ1n) is 4.24. The van der Waals surface area contributed by atoms with Crippen LogP contribution in [0.5, 0.6) is 0 Å². The zero-order valence-electron chi connectivity index (χ0n) is 6.95. The molecule has 1 saturated heterocycles. The molecule has 1 nitrogen and oxygen atoms in total. The van der Waals surface area contributed by atoms with Crippen molar-refractivity contribution < 1.29 is 5.11 Å². The molecule has 0 radical (unpaired) electrons. The highest BCUT2D eigenvalue weighted by atomic mass is 32.2. The Morgan fingerprint density at radius 1 is 1.55 bits per heavy atom. The third-order valence-electron chi connectivity index (χ3n) is 1.84. The second kappa shape index (κ2) is 5.33. The molecule has 0 spiro atoms. The molecule has 3 heteroatoms. The molecule has 1 fully saturated rings. The van der Waals surface area contributed by atoms with E-state index in [-0.39, 0.29) is 0 Å². The summed E-state index contributed by atoms with van der Waals surface area (Å²) in [5.74, 6) is 1.25. The van der Waals surface area contributed by atoms with Crippen LogP contribution in [0.1, 0.15) is 26.2 Å². The smallest absolute Gasteiger partial charge is 0.0736 e. The Kier molecular flexibility index (Phi) is 4.72. The van der Waals surface area contributed by atoms with Gasteiger partial charge in [0.05, 0.1) is 11.2 Å². The molecule has 66 valence electrons. The van der Waals surface area contributed by atoms with Crippen molar-refractivity contribution in [2.75, 3.05) is 12.4 Å². The first-order valence-corrected chi connectivity index (χ1v) is 6.24. The fraction of sp³-hybridized carbons (Fsp3) is 1.00. The van der Waals surface area contributed by atoms with Crippen molar-refractivity contribution in [3.8, 4) is 0 Å². The molecule has 0 aromatic heterocycles. The highest BCUT2D eigenvalue weighted by Crippen LogP contribution is 2.39. The quantitative estimate of drug-likeness (QED) is 0.738. The summed E-state index contributed by atoms with van der Waals surface area (Å²) in [6.45, 7) is 2.58. The molecule has 0 aliphatic carbocycles. The number of rotatable bonds is 4. The molecule has 0 amide bonds. The summed E-state index contributed by atoms with van der Waals surface area (Å²) in [5, 5.41) is 9.68. The molecule has 1 aliphatic heterocycles. The summed E-state index contributed by atoms with van der Waals surface area (Å²) in [4.78, 5) is 0. The maximum absolute atomic E-state index is 8.87. The van der Waals surface area contributed by atoms with Crippen molar-refractivity contribution in [3.63, 3.8) is 0 Å². The lowest BCUT2D eigenvalue weighted by Gasteiger charge is -2.06. The second-order valence-electron chi connectivity index (χ2n) is 2.85. The van der Waals surface area contributed by atoms with Crippen LogP contribution in [0, 0.1) is 0 Å². The average Bonchev–Trinajstić information content (AvgIpc) is 2.48.